The molecule has 0 bridgehead atoms. The number of benzene rings is 2. The number of fused-ring (bicyclic) bond motifs is 3. The molecule has 4 heteroatoms. The van der Waals surface area contributed by atoms with E-state index in [-0.39, 0.29) is 24.7 Å². The van der Waals surface area contributed by atoms with Gasteiger partial charge in [-0.2, -0.15) is 0 Å². The Morgan fingerprint density at radius 3 is 2.65 bits per heavy atom. The van der Waals surface area contributed by atoms with Gasteiger partial charge in [-0.15, -0.1) is 0 Å². The number of rotatable bonds is 3. The number of aliphatic hydroxyl groups is 1. The first-order valence-corrected chi connectivity index (χ1v) is 9.28. The van der Waals surface area contributed by atoms with Crippen LogP contribution in [0.2, 0.25) is 0 Å². The van der Waals surface area contributed by atoms with Crippen LogP contribution < -0.4 is 0 Å². The minimum atomic E-state index is -0.537. The maximum atomic E-state index is 13.0. The molecule has 2 aromatic carbocycles. The van der Waals surface area contributed by atoms with Crippen LogP contribution in [-0.4, -0.2) is 29.3 Å². The third-order valence-corrected chi connectivity index (χ3v) is 6.41. The van der Waals surface area contributed by atoms with E-state index in [1.54, 1.807) is 0 Å². The molecule has 0 aromatic heterocycles. The van der Waals surface area contributed by atoms with E-state index in [1.807, 2.05) is 47.4 Å². The molecule has 1 aliphatic carbocycles. The summed E-state index contributed by atoms with van der Waals surface area (Å²) in [6, 6.07) is 18.0. The van der Waals surface area contributed by atoms with Gasteiger partial charge in [0.2, 0.25) is 0 Å². The second-order valence-electron chi connectivity index (χ2n) is 7.64. The van der Waals surface area contributed by atoms with Crippen molar-refractivity contribution in [3.63, 3.8) is 0 Å². The molecule has 2 aliphatic rings. The van der Waals surface area contributed by atoms with Gasteiger partial charge in [0, 0.05) is 12.0 Å². The third-order valence-electron chi connectivity index (χ3n) is 6.41. The summed E-state index contributed by atoms with van der Waals surface area (Å²) in [5, 5.41) is 10.3. The van der Waals surface area contributed by atoms with Crippen molar-refractivity contribution >= 4 is 6.09 Å². The minimum Gasteiger partial charge on any atom is -0.445 e. The number of amides is 1. The van der Waals surface area contributed by atoms with Gasteiger partial charge < -0.3 is 9.84 Å². The minimum absolute atomic E-state index is 0.0701. The van der Waals surface area contributed by atoms with Gasteiger partial charge in [-0.05, 0) is 42.9 Å². The van der Waals surface area contributed by atoms with Crippen LogP contribution in [0.15, 0.2) is 54.6 Å². The zero-order valence-electron chi connectivity index (χ0n) is 15.1. The number of carbonyl (C=O) groups is 1. The highest BCUT2D eigenvalue weighted by molar-refractivity contribution is 5.70. The van der Waals surface area contributed by atoms with Crippen molar-refractivity contribution in [1.82, 2.24) is 4.90 Å². The molecular weight excluding hydrogens is 326 g/mol. The lowest BCUT2D eigenvalue weighted by Crippen LogP contribution is -2.60. The molecule has 1 N–H and O–H groups in total. The average Bonchev–Trinajstić information content (AvgIpc) is 2.96. The Labute approximate surface area is 154 Å². The molecule has 1 saturated heterocycles. The molecule has 0 unspecified atom stereocenters. The summed E-state index contributed by atoms with van der Waals surface area (Å²) in [6.07, 6.45) is 2.30. The van der Waals surface area contributed by atoms with Gasteiger partial charge in [0.25, 0.3) is 0 Å². The second-order valence-corrected chi connectivity index (χ2v) is 7.64. The average molecular weight is 351 g/mol. The number of piperidine rings is 1. The van der Waals surface area contributed by atoms with Crippen LogP contribution in [0, 0.1) is 5.41 Å². The summed E-state index contributed by atoms with van der Waals surface area (Å²) in [5.41, 5.74) is 2.48. The number of likely N-dealkylation sites (tertiary alicyclic amines) is 1. The van der Waals surface area contributed by atoms with E-state index in [0.717, 1.165) is 30.4 Å². The van der Waals surface area contributed by atoms with Gasteiger partial charge >= 0.3 is 6.09 Å². The zero-order valence-corrected chi connectivity index (χ0v) is 15.1. The number of carbonyl (C=O) groups excluding carboxylic acids is 1. The lowest BCUT2D eigenvalue weighted by Gasteiger charge is -2.53. The van der Waals surface area contributed by atoms with Gasteiger partial charge in [0.05, 0.1) is 12.1 Å². The largest absolute Gasteiger partial charge is 0.445 e. The van der Waals surface area contributed by atoms with E-state index >= 15 is 0 Å². The highest BCUT2D eigenvalue weighted by atomic mass is 16.6. The summed E-state index contributed by atoms with van der Waals surface area (Å²) < 4.78 is 5.65. The number of aliphatic hydroxyl groups excluding tert-OH is 1. The van der Waals surface area contributed by atoms with Crippen LogP contribution in [0.5, 0.6) is 0 Å². The number of hydrogen-bond donors (Lipinski definition) is 1. The first kappa shape index (κ1) is 17.1. The van der Waals surface area contributed by atoms with Crippen LogP contribution in [0.25, 0.3) is 0 Å². The van der Waals surface area contributed by atoms with Crippen molar-refractivity contribution in [2.24, 2.45) is 5.41 Å². The number of nitrogens with zero attached hydrogens (tertiary/aromatic N) is 1. The number of ether oxygens (including phenoxy) is 1. The first-order valence-electron chi connectivity index (χ1n) is 9.28. The van der Waals surface area contributed by atoms with Crippen molar-refractivity contribution in [2.75, 3.05) is 13.2 Å². The van der Waals surface area contributed by atoms with E-state index in [1.165, 1.54) is 5.56 Å². The fourth-order valence-corrected chi connectivity index (χ4v) is 4.89. The predicted octanol–water partition coefficient (Wildman–Crippen LogP) is 3.87. The van der Waals surface area contributed by atoms with Crippen molar-refractivity contribution < 1.29 is 14.6 Å². The van der Waals surface area contributed by atoms with E-state index in [9.17, 15) is 9.90 Å². The summed E-state index contributed by atoms with van der Waals surface area (Å²) in [7, 11) is 0. The fourth-order valence-electron chi connectivity index (χ4n) is 4.89. The molecule has 0 saturated carbocycles. The van der Waals surface area contributed by atoms with Gasteiger partial charge in [-0.3, -0.25) is 4.90 Å². The predicted molar refractivity (Wildman–Crippen MR) is 99.6 cm³/mol. The molecule has 26 heavy (non-hydrogen) atoms. The molecule has 2 atom stereocenters. The molecule has 0 spiro atoms. The summed E-state index contributed by atoms with van der Waals surface area (Å²) >= 11 is 0. The highest BCUT2D eigenvalue weighted by Crippen LogP contribution is 2.58. The van der Waals surface area contributed by atoms with Gasteiger partial charge in [0.1, 0.15) is 6.61 Å². The SMILES string of the molecule is C[C@]12c3ccccc3C[C@@]1(CO)CCCN2C(=O)OCc1ccccc1. The standard InChI is InChI=1S/C22H25NO3/c1-21-19-11-6-5-10-18(19)14-22(21,16-24)12-7-13-23(21)20(25)26-15-17-8-3-2-4-9-17/h2-6,8-11,24H,7,12-16H2,1H3/t21-,22+/m0/s1. The molecule has 0 radical (unpaired) electrons. The molecule has 136 valence electrons. The molecule has 1 aliphatic heterocycles. The van der Waals surface area contributed by atoms with Gasteiger partial charge in [-0.25, -0.2) is 4.79 Å². The molecule has 4 rings (SSSR count). The Balaban J connectivity index is 1.64. The van der Waals surface area contributed by atoms with Gasteiger partial charge in [0.15, 0.2) is 0 Å². The van der Waals surface area contributed by atoms with Crippen LogP contribution >= 0.6 is 0 Å². The summed E-state index contributed by atoms with van der Waals surface area (Å²) in [5.74, 6) is 0. The molecule has 1 heterocycles. The molecule has 1 amide bonds. The zero-order chi connectivity index (χ0) is 18.2. The quantitative estimate of drug-likeness (QED) is 0.913. The molecule has 1 fully saturated rings. The van der Waals surface area contributed by atoms with E-state index < -0.39 is 5.54 Å². The van der Waals surface area contributed by atoms with Crippen molar-refractivity contribution in [3.8, 4) is 0 Å². The van der Waals surface area contributed by atoms with Gasteiger partial charge in [-0.1, -0.05) is 54.6 Å². The van der Waals surface area contributed by atoms with E-state index in [2.05, 4.69) is 19.1 Å². The normalized spacial score (nSPS) is 26.9. The number of hydrogen-bond acceptors (Lipinski definition) is 3. The summed E-state index contributed by atoms with van der Waals surface area (Å²) in [4.78, 5) is 14.9. The lowest BCUT2D eigenvalue weighted by atomic mass is 9.65. The monoisotopic (exact) mass is 351 g/mol. The smallest absolute Gasteiger partial charge is 0.410 e. The Kier molecular flexibility index (Phi) is 4.23. The maximum absolute atomic E-state index is 13.0. The lowest BCUT2D eigenvalue weighted by molar-refractivity contribution is -0.0767. The van der Waals surface area contributed by atoms with E-state index in [4.69, 9.17) is 4.74 Å². The Morgan fingerprint density at radius 1 is 1.15 bits per heavy atom. The van der Waals surface area contributed by atoms with E-state index in [0.29, 0.717) is 6.54 Å². The Bertz CT molecular complexity index is 806. The van der Waals surface area contributed by atoms with Crippen molar-refractivity contribution in [3.05, 3.63) is 71.3 Å². The third kappa shape index (κ3) is 2.43. The van der Waals surface area contributed by atoms with Crippen LogP contribution in [-0.2, 0) is 23.3 Å². The molecule has 4 nitrogen and oxygen atoms in total. The maximum Gasteiger partial charge on any atom is 0.410 e. The first-order chi connectivity index (χ1) is 12.6. The van der Waals surface area contributed by atoms with Crippen LogP contribution in [0.1, 0.15) is 36.5 Å². The van der Waals surface area contributed by atoms with Crippen LogP contribution in [0.3, 0.4) is 0 Å². The summed E-state index contributed by atoms with van der Waals surface area (Å²) in [6.45, 7) is 3.08. The highest BCUT2D eigenvalue weighted by Gasteiger charge is 2.60. The Hall–Kier alpha value is -2.33. The second kappa shape index (κ2) is 6.44. The molecule has 2 aromatic rings. The van der Waals surface area contributed by atoms with Crippen molar-refractivity contribution in [1.29, 1.82) is 0 Å². The Morgan fingerprint density at radius 2 is 1.88 bits per heavy atom. The topological polar surface area (TPSA) is 49.8 Å². The van der Waals surface area contributed by atoms with Crippen LogP contribution in [0.4, 0.5) is 4.79 Å². The fraction of sp³-hybridized carbons (Fsp3) is 0.409. The van der Waals surface area contributed by atoms with Crippen molar-refractivity contribution in [2.45, 2.75) is 38.3 Å². The molecular formula is C22H25NO3.